The minimum absolute atomic E-state index is 0.174. The van der Waals surface area contributed by atoms with Crippen LogP contribution in [-0.2, 0) is 0 Å². The summed E-state index contributed by atoms with van der Waals surface area (Å²) < 4.78 is 6.97. The van der Waals surface area contributed by atoms with Crippen molar-refractivity contribution >= 4 is 23.1 Å². The lowest BCUT2D eigenvalue weighted by molar-refractivity contribution is 0.102. The Morgan fingerprint density at radius 3 is 2.57 bits per heavy atom. The lowest BCUT2D eigenvalue weighted by atomic mass is 10.1. The summed E-state index contributed by atoms with van der Waals surface area (Å²) >= 11 is 1.46. The number of methoxy groups -OCH3 is 1. The molecule has 4 rings (SSSR count). The molecule has 0 saturated heterocycles. The molecule has 6 nitrogen and oxygen atoms in total. The third-order valence-electron chi connectivity index (χ3n) is 4.60. The minimum atomic E-state index is -0.174. The van der Waals surface area contributed by atoms with Crippen LogP contribution in [0.3, 0.4) is 0 Å². The van der Waals surface area contributed by atoms with Crippen molar-refractivity contribution in [1.82, 2.24) is 14.8 Å². The average Bonchev–Trinajstić information content (AvgIpc) is 3.34. The van der Waals surface area contributed by atoms with Gasteiger partial charge in [-0.1, -0.05) is 29.3 Å². The molecule has 1 N–H and O–H groups in total. The van der Waals surface area contributed by atoms with Gasteiger partial charge in [0.1, 0.15) is 11.6 Å². The van der Waals surface area contributed by atoms with Gasteiger partial charge in [-0.2, -0.15) is 9.78 Å². The van der Waals surface area contributed by atoms with Gasteiger partial charge in [0.2, 0.25) is 5.13 Å². The van der Waals surface area contributed by atoms with E-state index in [-0.39, 0.29) is 5.91 Å². The summed E-state index contributed by atoms with van der Waals surface area (Å²) in [5.74, 6) is 1.19. The molecule has 30 heavy (non-hydrogen) atoms. The van der Waals surface area contributed by atoms with E-state index in [0.29, 0.717) is 16.5 Å². The summed E-state index contributed by atoms with van der Waals surface area (Å²) in [6.07, 6.45) is 0. The van der Waals surface area contributed by atoms with E-state index >= 15 is 0 Å². The van der Waals surface area contributed by atoms with Gasteiger partial charge in [0.05, 0.1) is 18.5 Å². The van der Waals surface area contributed by atoms with E-state index in [9.17, 15) is 4.79 Å². The summed E-state index contributed by atoms with van der Waals surface area (Å²) in [5, 5.41) is 10.2. The Morgan fingerprint density at radius 2 is 1.83 bits per heavy atom. The van der Waals surface area contributed by atoms with Gasteiger partial charge >= 0.3 is 0 Å². The lowest BCUT2D eigenvalue weighted by Crippen LogP contribution is -2.15. The number of rotatable bonds is 5. The number of nitrogens with zero attached hydrogens (tertiary/aromatic N) is 3. The molecule has 152 valence electrons. The molecule has 2 heterocycles. The molecule has 7 heteroatoms. The zero-order chi connectivity index (χ0) is 21.3. The molecule has 0 radical (unpaired) electrons. The van der Waals surface area contributed by atoms with Crippen molar-refractivity contribution in [2.45, 2.75) is 20.8 Å². The van der Waals surface area contributed by atoms with Crippen LogP contribution in [-0.4, -0.2) is 27.8 Å². The fraction of sp³-hybridized carbons (Fsp3) is 0.174. The van der Waals surface area contributed by atoms with Crippen LogP contribution in [0.1, 0.15) is 27.2 Å². The van der Waals surface area contributed by atoms with Crippen LogP contribution in [0.5, 0.6) is 5.75 Å². The Balaban J connectivity index is 1.64. The third-order valence-corrected chi connectivity index (χ3v) is 5.41. The molecule has 0 fully saturated rings. The first-order chi connectivity index (χ1) is 14.4. The van der Waals surface area contributed by atoms with Crippen molar-refractivity contribution < 1.29 is 9.53 Å². The number of ether oxygens (including phenoxy) is 1. The Kier molecular flexibility index (Phi) is 5.37. The molecular formula is C23H22N4O2S. The van der Waals surface area contributed by atoms with Gasteiger partial charge in [-0.25, -0.2) is 4.98 Å². The maximum absolute atomic E-state index is 12.8. The highest BCUT2D eigenvalue weighted by molar-refractivity contribution is 7.12. The number of benzene rings is 2. The Bertz CT molecular complexity index is 1210. The average molecular weight is 419 g/mol. The highest BCUT2D eigenvalue weighted by Crippen LogP contribution is 2.28. The number of thiazole rings is 1. The molecule has 0 aliphatic heterocycles. The van der Waals surface area contributed by atoms with Crippen LogP contribution in [0.25, 0.3) is 16.4 Å². The lowest BCUT2D eigenvalue weighted by Gasteiger charge is -2.08. The molecule has 0 aliphatic rings. The third kappa shape index (κ3) is 4.11. The molecule has 2 aromatic carbocycles. The standard InChI is InChI=1S/C23H22N4O2S/c1-14-8-15(2)10-18(9-14)22(28)25-21-11-16(3)26-27(21)23-24-20(13-30-23)17-6-5-7-19(12-17)29-4/h5-13H,1-4H3,(H,25,28). The van der Waals surface area contributed by atoms with Gasteiger partial charge in [0.15, 0.2) is 0 Å². The Morgan fingerprint density at radius 1 is 1.07 bits per heavy atom. The number of amides is 1. The minimum Gasteiger partial charge on any atom is -0.497 e. The topological polar surface area (TPSA) is 69.0 Å². The second-order valence-electron chi connectivity index (χ2n) is 7.16. The van der Waals surface area contributed by atoms with Gasteiger partial charge in [0.25, 0.3) is 5.91 Å². The summed E-state index contributed by atoms with van der Waals surface area (Å²) in [5.41, 5.74) is 5.30. The van der Waals surface area contributed by atoms with Crippen LogP contribution in [0.4, 0.5) is 5.82 Å². The highest BCUT2D eigenvalue weighted by Gasteiger charge is 2.16. The van der Waals surface area contributed by atoms with Crippen molar-refractivity contribution in [3.05, 3.63) is 76.3 Å². The predicted octanol–water partition coefficient (Wildman–Crippen LogP) is 5.18. The molecule has 1 amide bonds. The Labute approximate surface area is 179 Å². The number of hydrogen-bond donors (Lipinski definition) is 1. The van der Waals surface area contributed by atoms with Crippen molar-refractivity contribution in [3.63, 3.8) is 0 Å². The summed E-state index contributed by atoms with van der Waals surface area (Å²) in [4.78, 5) is 17.5. The second-order valence-corrected chi connectivity index (χ2v) is 8.00. The SMILES string of the molecule is COc1cccc(-c2csc(-n3nc(C)cc3NC(=O)c3cc(C)cc(C)c3)n2)c1. The first kappa shape index (κ1) is 19.8. The Hall–Kier alpha value is -3.45. The van der Waals surface area contributed by atoms with Gasteiger partial charge in [-0.05, 0) is 45.0 Å². The van der Waals surface area contributed by atoms with Crippen molar-refractivity contribution in [1.29, 1.82) is 0 Å². The van der Waals surface area contributed by atoms with E-state index in [0.717, 1.165) is 33.8 Å². The molecule has 2 aromatic heterocycles. The summed E-state index contributed by atoms with van der Waals surface area (Å²) in [6.45, 7) is 5.85. The number of carbonyl (C=O) groups excluding carboxylic acids is 1. The first-order valence-electron chi connectivity index (χ1n) is 9.49. The van der Waals surface area contributed by atoms with Gasteiger partial charge in [0, 0.05) is 22.6 Å². The smallest absolute Gasteiger partial charge is 0.256 e. The molecular weight excluding hydrogens is 396 g/mol. The van der Waals surface area contributed by atoms with Crippen LogP contribution in [0.15, 0.2) is 53.9 Å². The molecule has 0 unspecified atom stereocenters. The largest absolute Gasteiger partial charge is 0.497 e. The summed E-state index contributed by atoms with van der Waals surface area (Å²) in [6, 6.07) is 15.4. The molecule has 0 spiro atoms. The molecule has 0 saturated carbocycles. The highest BCUT2D eigenvalue weighted by atomic mass is 32.1. The van der Waals surface area contributed by atoms with E-state index in [1.54, 1.807) is 11.8 Å². The van der Waals surface area contributed by atoms with Crippen LogP contribution < -0.4 is 10.1 Å². The summed E-state index contributed by atoms with van der Waals surface area (Å²) in [7, 11) is 1.64. The number of anilines is 1. The zero-order valence-corrected chi connectivity index (χ0v) is 18.1. The number of hydrogen-bond acceptors (Lipinski definition) is 5. The van der Waals surface area contributed by atoms with Gasteiger partial charge < -0.3 is 10.1 Å². The van der Waals surface area contributed by atoms with Crippen molar-refractivity contribution in [3.8, 4) is 22.1 Å². The quantitative estimate of drug-likeness (QED) is 0.485. The molecule has 0 atom stereocenters. The van der Waals surface area contributed by atoms with E-state index in [1.165, 1.54) is 11.3 Å². The molecule has 0 aliphatic carbocycles. The fourth-order valence-electron chi connectivity index (χ4n) is 3.31. The van der Waals surface area contributed by atoms with E-state index in [1.807, 2.05) is 74.7 Å². The van der Waals surface area contributed by atoms with Crippen LogP contribution in [0.2, 0.25) is 0 Å². The number of aryl methyl sites for hydroxylation is 3. The van der Waals surface area contributed by atoms with Crippen molar-refractivity contribution in [2.24, 2.45) is 0 Å². The zero-order valence-electron chi connectivity index (χ0n) is 17.3. The fourth-order valence-corrected chi connectivity index (χ4v) is 4.10. The normalized spacial score (nSPS) is 10.8. The van der Waals surface area contributed by atoms with E-state index in [2.05, 4.69) is 10.4 Å². The number of nitrogens with one attached hydrogen (secondary N) is 1. The van der Waals surface area contributed by atoms with E-state index < -0.39 is 0 Å². The second kappa shape index (κ2) is 8.12. The van der Waals surface area contributed by atoms with Gasteiger partial charge in [-0.15, -0.1) is 11.3 Å². The maximum atomic E-state index is 12.8. The molecule has 4 aromatic rings. The maximum Gasteiger partial charge on any atom is 0.256 e. The van der Waals surface area contributed by atoms with Crippen molar-refractivity contribution in [2.75, 3.05) is 12.4 Å². The van der Waals surface area contributed by atoms with Gasteiger partial charge in [-0.3, -0.25) is 4.79 Å². The monoisotopic (exact) mass is 418 g/mol. The number of aromatic nitrogens is 3. The van der Waals surface area contributed by atoms with E-state index in [4.69, 9.17) is 9.72 Å². The predicted molar refractivity (Wildman–Crippen MR) is 120 cm³/mol. The van der Waals surface area contributed by atoms with Crippen LogP contribution in [0, 0.1) is 20.8 Å². The van der Waals surface area contributed by atoms with Crippen LogP contribution >= 0.6 is 11.3 Å². The molecule has 0 bridgehead atoms. The number of carbonyl (C=O) groups is 1. The first-order valence-corrected chi connectivity index (χ1v) is 10.4.